The topological polar surface area (TPSA) is 30.5 Å². The Hall–Kier alpha value is -1.27. The zero-order valence-corrected chi connectivity index (χ0v) is 10.3. The minimum atomic E-state index is -4.66. The molecule has 0 radical (unpaired) electrons. The maximum Gasteiger partial charge on any atom is 0.573 e. The first-order chi connectivity index (χ1) is 8.40. The van der Waals surface area contributed by atoms with Crippen LogP contribution in [0.15, 0.2) is 24.3 Å². The maximum absolute atomic E-state index is 12.0. The molecule has 0 aromatic heterocycles. The van der Waals surface area contributed by atoms with E-state index in [1.54, 1.807) is 13.2 Å². The summed E-state index contributed by atoms with van der Waals surface area (Å²) in [7, 11) is 1.60. The molecule has 0 spiro atoms. The predicted octanol–water partition coefficient (Wildman–Crippen LogP) is 2.71. The molecule has 0 saturated carbocycles. The molecule has 6 heteroatoms. The van der Waals surface area contributed by atoms with Gasteiger partial charge in [0.25, 0.3) is 0 Å². The van der Waals surface area contributed by atoms with Crippen molar-refractivity contribution in [3.63, 3.8) is 0 Å². The van der Waals surface area contributed by atoms with Crippen LogP contribution in [0, 0.1) is 0 Å². The van der Waals surface area contributed by atoms with E-state index in [-0.39, 0.29) is 11.9 Å². The van der Waals surface area contributed by atoms with Gasteiger partial charge in [-0.1, -0.05) is 12.1 Å². The van der Waals surface area contributed by atoms with Crippen LogP contribution in [-0.2, 0) is 11.3 Å². The lowest BCUT2D eigenvalue weighted by Gasteiger charge is -2.12. The minimum absolute atomic E-state index is 0.0552. The Labute approximate surface area is 104 Å². The Kier molecular flexibility index (Phi) is 5.43. The highest BCUT2D eigenvalue weighted by Gasteiger charge is 2.31. The number of alkyl halides is 3. The van der Waals surface area contributed by atoms with Crippen LogP contribution in [0.4, 0.5) is 13.2 Å². The summed E-state index contributed by atoms with van der Waals surface area (Å²) in [5, 5.41) is 3.08. The molecule has 0 fully saturated rings. The Balaban J connectivity index is 2.49. The third kappa shape index (κ3) is 5.88. The molecule has 0 bridgehead atoms. The quantitative estimate of drug-likeness (QED) is 0.856. The number of ether oxygens (including phenoxy) is 2. The highest BCUT2D eigenvalue weighted by atomic mass is 19.4. The van der Waals surface area contributed by atoms with Gasteiger partial charge in [0.2, 0.25) is 0 Å². The second-order valence-corrected chi connectivity index (χ2v) is 3.87. The first-order valence-corrected chi connectivity index (χ1v) is 5.49. The number of nitrogens with one attached hydrogen (secondary N) is 1. The summed E-state index contributed by atoms with van der Waals surface area (Å²) in [5.74, 6) is -0.207. The Morgan fingerprint density at radius 1 is 1.33 bits per heavy atom. The summed E-state index contributed by atoms with van der Waals surface area (Å²) in [5.41, 5.74) is 0.722. The standard InChI is InChI=1S/C12H16F3NO2/c1-9(17-2)7-16-8-10-4-3-5-11(6-10)18-12(13,14)15/h3-6,9,16H,7-8H2,1-2H3. The van der Waals surface area contributed by atoms with Gasteiger partial charge in [-0.15, -0.1) is 13.2 Å². The molecule has 0 heterocycles. The predicted molar refractivity (Wildman–Crippen MR) is 61.3 cm³/mol. The molecule has 0 aliphatic rings. The summed E-state index contributed by atoms with van der Waals surface area (Å²) >= 11 is 0. The molecule has 0 aliphatic carbocycles. The summed E-state index contributed by atoms with van der Waals surface area (Å²) < 4.78 is 44.9. The Morgan fingerprint density at radius 3 is 2.67 bits per heavy atom. The zero-order valence-electron chi connectivity index (χ0n) is 10.3. The molecule has 0 amide bonds. The van der Waals surface area contributed by atoms with Gasteiger partial charge in [0, 0.05) is 20.2 Å². The lowest BCUT2D eigenvalue weighted by atomic mass is 10.2. The van der Waals surface area contributed by atoms with Crippen molar-refractivity contribution in [2.45, 2.75) is 25.9 Å². The van der Waals surface area contributed by atoms with Crippen molar-refractivity contribution < 1.29 is 22.6 Å². The monoisotopic (exact) mass is 263 g/mol. The molecule has 1 unspecified atom stereocenters. The molecule has 0 saturated heterocycles. The van der Waals surface area contributed by atoms with Gasteiger partial charge in [-0.2, -0.15) is 0 Å². The fourth-order valence-electron chi connectivity index (χ4n) is 1.36. The third-order valence-electron chi connectivity index (χ3n) is 2.30. The van der Waals surface area contributed by atoms with E-state index in [0.717, 1.165) is 5.56 Å². The SMILES string of the molecule is COC(C)CNCc1cccc(OC(F)(F)F)c1. The van der Waals surface area contributed by atoms with Gasteiger partial charge in [0.1, 0.15) is 5.75 Å². The average molecular weight is 263 g/mol. The van der Waals surface area contributed by atoms with E-state index in [1.165, 1.54) is 18.2 Å². The number of hydrogen-bond acceptors (Lipinski definition) is 3. The molecule has 0 aliphatic heterocycles. The number of halogens is 3. The molecule has 102 valence electrons. The average Bonchev–Trinajstić information content (AvgIpc) is 2.27. The van der Waals surface area contributed by atoms with Gasteiger partial charge in [-0.05, 0) is 24.6 Å². The van der Waals surface area contributed by atoms with E-state index in [9.17, 15) is 13.2 Å². The summed E-state index contributed by atoms with van der Waals surface area (Å²) in [6, 6.07) is 5.89. The van der Waals surface area contributed by atoms with E-state index in [2.05, 4.69) is 10.1 Å². The fraction of sp³-hybridized carbons (Fsp3) is 0.500. The van der Waals surface area contributed by atoms with Gasteiger partial charge in [-0.25, -0.2) is 0 Å². The molecule has 1 rings (SSSR count). The second-order valence-electron chi connectivity index (χ2n) is 3.87. The van der Waals surface area contributed by atoms with Crippen molar-refractivity contribution in [2.24, 2.45) is 0 Å². The van der Waals surface area contributed by atoms with Crippen molar-refractivity contribution in [2.75, 3.05) is 13.7 Å². The first kappa shape index (κ1) is 14.8. The normalized spacial score (nSPS) is 13.4. The number of rotatable bonds is 6. The molecule has 1 aromatic rings. The van der Waals surface area contributed by atoms with Crippen LogP contribution in [0.3, 0.4) is 0 Å². The van der Waals surface area contributed by atoms with Crippen molar-refractivity contribution in [1.82, 2.24) is 5.32 Å². The van der Waals surface area contributed by atoms with E-state index in [4.69, 9.17) is 4.74 Å². The Morgan fingerprint density at radius 2 is 2.06 bits per heavy atom. The van der Waals surface area contributed by atoms with Crippen LogP contribution < -0.4 is 10.1 Å². The van der Waals surface area contributed by atoms with Gasteiger partial charge < -0.3 is 14.8 Å². The lowest BCUT2D eigenvalue weighted by Crippen LogP contribution is -2.25. The first-order valence-electron chi connectivity index (χ1n) is 5.49. The van der Waals surface area contributed by atoms with Crippen molar-refractivity contribution in [3.8, 4) is 5.75 Å². The van der Waals surface area contributed by atoms with Crippen LogP contribution in [-0.4, -0.2) is 26.1 Å². The van der Waals surface area contributed by atoms with Crippen LogP contribution >= 0.6 is 0 Å². The van der Waals surface area contributed by atoms with E-state index < -0.39 is 6.36 Å². The van der Waals surface area contributed by atoms with Crippen LogP contribution in [0.2, 0.25) is 0 Å². The summed E-state index contributed by atoms with van der Waals surface area (Å²) in [6.45, 7) is 2.99. The smallest absolute Gasteiger partial charge is 0.406 e. The summed E-state index contributed by atoms with van der Waals surface area (Å²) in [6.07, 6.45) is -4.60. The second kappa shape index (κ2) is 6.61. The third-order valence-corrected chi connectivity index (χ3v) is 2.30. The van der Waals surface area contributed by atoms with Crippen LogP contribution in [0.1, 0.15) is 12.5 Å². The molecule has 18 heavy (non-hydrogen) atoms. The van der Waals surface area contributed by atoms with Gasteiger partial charge in [0.15, 0.2) is 0 Å². The van der Waals surface area contributed by atoms with Gasteiger partial charge >= 0.3 is 6.36 Å². The molecule has 1 atom stereocenters. The van der Waals surface area contributed by atoms with Crippen molar-refractivity contribution in [1.29, 1.82) is 0 Å². The molecular weight excluding hydrogens is 247 g/mol. The Bertz CT molecular complexity index is 369. The zero-order chi connectivity index (χ0) is 13.6. The van der Waals surface area contributed by atoms with Crippen LogP contribution in [0.5, 0.6) is 5.75 Å². The lowest BCUT2D eigenvalue weighted by molar-refractivity contribution is -0.274. The highest BCUT2D eigenvalue weighted by Crippen LogP contribution is 2.23. The number of hydrogen-bond donors (Lipinski definition) is 1. The minimum Gasteiger partial charge on any atom is -0.406 e. The van der Waals surface area contributed by atoms with Gasteiger partial charge in [-0.3, -0.25) is 0 Å². The maximum atomic E-state index is 12.0. The van der Waals surface area contributed by atoms with E-state index >= 15 is 0 Å². The van der Waals surface area contributed by atoms with Crippen molar-refractivity contribution >= 4 is 0 Å². The molecular formula is C12H16F3NO2. The van der Waals surface area contributed by atoms with Crippen LogP contribution in [0.25, 0.3) is 0 Å². The highest BCUT2D eigenvalue weighted by molar-refractivity contribution is 5.28. The largest absolute Gasteiger partial charge is 0.573 e. The van der Waals surface area contributed by atoms with Gasteiger partial charge in [0.05, 0.1) is 6.10 Å². The van der Waals surface area contributed by atoms with E-state index in [0.29, 0.717) is 13.1 Å². The fourth-order valence-corrected chi connectivity index (χ4v) is 1.36. The van der Waals surface area contributed by atoms with Crippen molar-refractivity contribution in [3.05, 3.63) is 29.8 Å². The van der Waals surface area contributed by atoms with E-state index in [1.807, 2.05) is 6.92 Å². The summed E-state index contributed by atoms with van der Waals surface area (Å²) in [4.78, 5) is 0. The molecule has 1 N–H and O–H groups in total. The number of benzene rings is 1. The molecule has 1 aromatic carbocycles. The molecule has 3 nitrogen and oxygen atoms in total. The number of methoxy groups -OCH3 is 1.